The van der Waals surface area contributed by atoms with E-state index in [2.05, 4.69) is 15.3 Å². The number of rotatable bonds is 4. The molecule has 8 nitrogen and oxygen atoms in total. The van der Waals surface area contributed by atoms with Crippen LogP contribution in [0.25, 0.3) is 0 Å². The highest BCUT2D eigenvalue weighted by Crippen LogP contribution is 2.35. The van der Waals surface area contributed by atoms with Gasteiger partial charge >= 0.3 is 5.69 Å². The third-order valence-corrected chi connectivity index (χ3v) is 3.46. The first kappa shape index (κ1) is 13.5. The molecule has 0 aliphatic carbocycles. The summed E-state index contributed by atoms with van der Waals surface area (Å²) in [6.07, 6.45) is 1.92. The van der Waals surface area contributed by atoms with Crippen LogP contribution in [0.3, 0.4) is 0 Å². The number of methoxy groups -OCH3 is 1. The summed E-state index contributed by atoms with van der Waals surface area (Å²) in [7, 11) is 1.34. The molecule has 0 aromatic carbocycles. The van der Waals surface area contributed by atoms with Crippen molar-refractivity contribution < 1.29 is 14.4 Å². The fourth-order valence-electron chi connectivity index (χ4n) is 2.04. The van der Waals surface area contributed by atoms with E-state index in [9.17, 15) is 10.1 Å². The number of hydrogen-bond donors (Lipinski definition) is 1. The van der Waals surface area contributed by atoms with Crippen LogP contribution in [-0.4, -0.2) is 40.3 Å². The number of nitro groups is 1. The predicted molar refractivity (Wildman–Crippen MR) is 67.3 cm³/mol. The Kier molecular flexibility index (Phi) is 3.52. The molecular formula is C11H16N4O4. The van der Waals surface area contributed by atoms with Gasteiger partial charge in [-0.05, 0) is 20.3 Å². The van der Waals surface area contributed by atoms with Crippen molar-refractivity contribution in [1.29, 1.82) is 0 Å². The van der Waals surface area contributed by atoms with Gasteiger partial charge in [0.2, 0.25) is 5.82 Å². The second kappa shape index (κ2) is 4.96. The second-order valence-electron chi connectivity index (χ2n) is 4.64. The first-order chi connectivity index (χ1) is 8.98. The molecule has 1 fully saturated rings. The minimum atomic E-state index is -0.551. The standard InChI is InChI=1S/C11H16N4O4/c1-7-11(2,4-5-19-7)14-9-8(15(16)17)10(18-3)13-6-12-9/h6-7H,4-5H2,1-3H3,(H,12,13,14). The zero-order chi connectivity index (χ0) is 14.0. The van der Waals surface area contributed by atoms with Crippen LogP contribution >= 0.6 is 0 Å². The predicted octanol–water partition coefficient (Wildman–Crippen LogP) is 1.37. The zero-order valence-corrected chi connectivity index (χ0v) is 11.0. The molecular weight excluding hydrogens is 252 g/mol. The van der Waals surface area contributed by atoms with Crippen LogP contribution in [0.2, 0.25) is 0 Å². The number of anilines is 1. The Morgan fingerprint density at radius 3 is 2.89 bits per heavy atom. The molecule has 2 rings (SSSR count). The van der Waals surface area contributed by atoms with Crippen molar-refractivity contribution in [2.24, 2.45) is 0 Å². The van der Waals surface area contributed by atoms with Crippen molar-refractivity contribution >= 4 is 11.5 Å². The average molecular weight is 268 g/mol. The molecule has 1 aliphatic heterocycles. The molecule has 1 aromatic heterocycles. The van der Waals surface area contributed by atoms with Crippen LogP contribution in [-0.2, 0) is 4.74 Å². The van der Waals surface area contributed by atoms with E-state index in [0.29, 0.717) is 6.61 Å². The lowest BCUT2D eigenvalue weighted by Crippen LogP contribution is -2.41. The van der Waals surface area contributed by atoms with Gasteiger partial charge in [0.1, 0.15) is 6.33 Å². The SMILES string of the molecule is COc1ncnc(NC2(C)CCOC2C)c1[N+](=O)[O-]. The molecule has 0 spiro atoms. The van der Waals surface area contributed by atoms with Crippen LogP contribution in [0.5, 0.6) is 5.88 Å². The summed E-state index contributed by atoms with van der Waals surface area (Å²) in [5.41, 5.74) is -0.658. The van der Waals surface area contributed by atoms with Crippen molar-refractivity contribution in [2.45, 2.75) is 31.9 Å². The van der Waals surface area contributed by atoms with Gasteiger partial charge in [-0.15, -0.1) is 0 Å². The number of nitrogens with zero attached hydrogens (tertiary/aromatic N) is 3. The molecule has 1 N–H and O–H groups in total. The Bertz CT molecular complexity index is 496. The van der Waals surface area contributed by atoms with E-state index in [0.717, 1.165) is 6.42 Å². The van der Waals surface area contributed by atoms with Gasteiger partial charge in [-0.1, -0.05) is 0 Å². The third-order valence-electron chi connectivity index (χ3n) is 3.46. The summed E-state index contributed by atoms with van der Waals surface area (Å²) in [6.45, 7) is 4.48. The Balaban J connectivity index is 2.37. The molecule has 104 valence electrons. The monoisotopic (exact) mass is 268 g/mol. The fraction of sp³-hybridized carbons (Fsp3) is 0.636. The van der Waals surface area contributed by atoms with E-state index in [4.69, 9.17) is 9.47 Å². The van der Waals surface area contributed by atoms with Gasteiger partial charge < -0.3 is 14.8 Å². The second-order valence-corrected chi connectivity index (χ2v) is 4.64. The minimum Gasteiger partial charge on any atom is -0.476 e. The average Bonchev–Trinajstić information content (AvgIpc) is 2.68. The van der Waals surface area contributed by atoms with Gasteiger partial charge in [0.05, 0.1) is 23.7 Å². The highest BCUT2D eigenvalue weighted by Gasteiger charge is 2.39. The molecule has 2 heterocycles. The summed E-state index contributed by atoms with van der Waals surface area (Å²) in [5.74, 6) is 0.0920. The first-order valence-electron chi connectivity index (χ1n) is 5.91. The van der Waals surface area contributed by atoms with E-state index in [1.165, 1.54) is 13.4 Å². The van der Waals surface area contributed by atoms with Crippen LogP contribution < -0.4 is 10.1 Å². The van der Waals surface area contributed by atoms with Crippen molar-refractivity contribution in [3.63, 3.8) is 0 Å². The topological polar surface area (TPSA) is 99.4 Å². The van der Waals surface area contributed by atoms with Crippen molar-refractivity contribution in [1.82, 2.24) is 9.97 Å². The van der Waals surface area contributed by atoms with Crippen LogP contribution in [0.15, 0.2) is 6.33 Å². The maximum absolute atomic E-state index is 11.1. The number of hydrogen-bond acceptors (Lipinski definition) is 7. The molecule has 19 heavy (non-hydrogen) atoms. The van der Waals surface area contributed by atoms with Gasteiger partial charge in [-0.3, -0.25) is 10.1 Å². The van der Waals surface area contributed by atoms with Crippen molar-refractivity contribution in [2.75, 3.05) is 19.0 Å². The van der Waals surface area contributed by atoms with Gasteiger partial charge in [0.25, 0.3) is 5.88 Å². The molecule has 0 bridgehead atoms. The van der Waals surface area contributed by atoms with Gasteiger partial charge in [0, 0.05) is 6.61 Å². The Hall–Kier alpha value is -1.96. The molecule has 1 saturated heterocycles. The van der Waals surface area contributed by atoms with Gasteiger partial charge in [0.15, 0.2) is 0 Å². The normalized spacial score (nSPS) is 26.2. The molecule has 2 atom stereocenters. The third kappa shape index (κ3) is 2.43. The number of nitrogens with one attached hydrogen (secondary N) is 1. The van der Waals surface area contributed by atoms with Crippen molar-refractivity contribution in [3.05, 3.63) is 16.4 Å². The molecule has 1 aromatic rings. The Morgan fingerprint density at radius 2 is 2.37 bits per heavy atom. The highest BCUT2D eigenvalue weighted by atomic mass is 16.6. The van der Waals surface area contributed by atoms with E-state index in [1.54, 1.807) is 0 Å². The van der Waals surface area contributed by atoms with Crippen LogP contribution in [0.4, 0.5) is 11.5 Å². The maximum Gasteiger partial charge on any atom is 0.372 e. The Labute approximate surface area is 110 Å². The molecule has 0 radical (unpaired) electrons. The largest absolute Gasteiger partial charge is 0.476 e. The molecule has 1 aliphatic rings. The van der Waals surface area contributed by atoms with Gasteiger partial charge in [-0.2, -0.15) is 4.98 Å². The van der Waals surface area contributed by atoms with E-state index in [1.807, 2.05) is 13.8 Å². The molecule has 0 saturated carbocycles. The number of aromatic nitrogens is 2. The summed E-state index contributed by atoms with van der Waals surface area (Å²) in [4.78, 5) is 18.3. The summed E-state index contributed by atoms with van der Waals surface area (Å²) in [6, 6.07) is 0. The molecule has 8 heteroatoms. The lowest BCUT2D eigenvalue weighted by Gasteiger charge is -2.29. The summed E-state index contributed by atoms with van der Waals surface area (Å²) >= 11 is 0. The maximum atomic E-state index is 11.1. The van der Waals surface area contributed by atoms with E-state index < -0.39 is 10.5 Å². The van der Waals surface area contributed by atoms with Crippen LogP contribution in [0.1, 0.15) is 20.3 Å². The summed E-state index contributed by atoms with van der Waals surface area (Å²) < 4.78 is 10.4. The Morgan fingerprint density at radius 1 is 1.63 bits per heavy atom. The van der Waals surface area contributed by atoms with Gasteiger partial charge in [-0.25, -0.2) is 4.98 Å². The summed E-state index contributed by atoms with van der Waals surface area (Å²) in [5, 5.41) is 14.2. The smallest absolute Gasteiger partial charge is 0.372 e. The molecule has 2 unspecified atom stereocenters. The minimum absolute atomic E-state index is 0.0577. The van der Waals surface area contributed by atoms with E-state index in [-0.39, 0.29) is 23.5 Å². The number of ether oxygens (including phenoxy) is 2. The first-order valence-corrected chi connectivity index (χ1v) is 5.91. The zero-order valence-electron chi connectivity index (χ0n) is 11.0. The van der Waals surface area contributed by atoms with Crippen LogP contribution in [0, 0.1) is 10.1 Å². The lowest BCUT2D eigenvalue weighted by molar-refractivity contribution is -0.385. The van der Waals surface area contributed by atoms with Crippen molar-refractivity contribution in [3.8, 4) is 5.88 Å². The quantitative estimate of drug-likeness (QED) is 0.650. The lowest BCUT2D eigenvalue weighted by atomic mass is 9.94. The van der Waals surface area contributed by atoms with E-state index >= 15 is 0 Å². The molecule has 0 amide bonds. The highest BCUT2D eigenvalue weighted by molar-refractivity contribution is 5.62. The fourth-order valence-corrected chi connectivity index (χ4v) is 2.04.